The van der Waals surface area contributed by atoms with Crippen LogP contribution < -0.4 is 10.5 Å². The summed E-state index contributed by atoms with van der Waals surface area (Å²) in [5.74, 6) is 5.35. The smallest absolute Gasteiger partial charge is 0.264 e. The van der Waals surface area contributed by atoms with Crippen molar-refractivity contribution in [1.82, 2.24) is 10.1 Å². The molecular weight excluding hydrogens is 294 g/mol. The van der Waals surface area contributed by atoms with Gasteiger partial charge in [-0.15, -0.1) is 11.8 Å². The molecule has 2 N–H and O–H groups in total. The molecule has 0 radical (unpaired) electrons. The Morgan fingerprint density at radius 3 is 3.15 bits per heavy atom. The molecule has 1 aromatic heterocycles. The quantitative estimate of drug-likeness (QED) is 0.870. The average Bonchev–Trinajstić information content (AvgIpc) is 2.95. The summed E-state index contributed by atoms with van der Waals surface area (Å²) in [5.41, 5.74) is 6.36. The lowest BCUT2D eigenvalue weighted by Crippen LogP contribution is -2.08. The third-order valence-corrected chi connectivity index (χ3v) is 5.56. The van der Waals surface area contributed by atoms with Crippen LogP contribution in [0.3, 0.4) is 0 Å². The molecule has 0 spiro atoms. The molecule has 1 aliphatic heterocycles. The van der Waals surface area contributed by atoms with E-state index in [1.807, 2.05) is 41.7 Å². The third kappa shape index (κ3) is 3.40. The number of hydrogen-bond acceptors (Lipinski definition) is 7. The topological polar surface area (TPSA) is 74.2 Å². The van der Waals surface area contributed by atoms with Gasteiger partial charge in [-0.1, -0.05) is 11.2 Å². The minimum atomic E-state index is 0.265. The van der Waals surface area contributed by atoms with Crippen molar-refractivity contribution < 1.29 is 9.26 Å². The second kappa shape index (κ2) is 6.41. The van der Waals surface area contributed by atoms with Gasteiger partial charge in [0.15, 0.2) is 12.4 Å². The minimum absolute atomic E-state index is 0.265. The van der Waals surface area contributed by atoms with Crippen molar-refractivity contribution in [3.8, 4) is 5.75 Å². The van der Waals surface area contributed by atoms with Crippen molar-refractivity contribution in [3.63, 3.8) is 0 Å². The van der Waals surface area contributed by atoms with Gasteiger partial charge in [0.05, 0.1) is 5.25 Å². The minimum Gasteiger partial charge on any atom is -0.484 e. The zero-order chi connectivity index (χ0) is 13.8. The van der Waals surface area contributed by atoms with E-state index in [9.17, 15) is 0 Å². The number of thioether (sulfide) groups is 2. The van der Waals surface area contributed by atoms with Crippen molar-refractivity contribution in [2.24, 2.45) is 0 Å². The monoisotopic (exact) mass is 309 g/mol. The molecule has 0 aliphatic carbocycles. The predicted octanol–water partition coefficient (Wildman–Crippen LogP) is 2.75. The first-order chi connectivity index (χ1) is 9.81. The summed E-state index contributed by atoms with van der Waals surface area (Å²) in [4.78, 5) is 4.40. The molecule has 1 unspecified atom stereocenters. The fourth-order valence-electron chi connectivity index (χ4n) is 1.84. The molecule has 1 aromatic carbocycles. The highest BCUT2D eigenvalue weighted by Crippen LogP contribution is 2.35. The van der Waals surface area contributed by atoms with Crippen LogP contribution in [0.5, 0.6) is 5.75 Å². The van der Waals surface area contributed by atoms with Gasteiger partial charge in [-0.05, 0) is 12.1 Å². The molecule has 7 heteroatoms. The van der Waals surface area contributed by atoms with Crippen molar-refractivity contribution in [1.29, 1.82) is 0 Å². The molecule has 0 bridgehead atoms. The van der Waals surface area contributed by atoms with E-state index in [0.29, 0.717) is 22.6 Å². The van der Waals surface area contributed by atoms with Crippen molar-refractivity contribution >= 4 is 29.2 Å². The summed E-state index contributed by atoms with van der Waals surface area (Å²) in [6, 6.07) is 7.28. The van der Waals surface area contributed by atoms with Crippen LogP contribution >= 0.6 is 23.5 Å². The Morgan fingerprint density at radius 1 is 1.40 bits per heavy atom. The molecule has 5 nitrogen and oxygen atoms in total. The lowest BCUT2D eigenvalue weighted by Gasteiger charge is -2.16. The molecule has 0 amide bonds. The number of hydrogen-bond donors (Lipinski definition) is 1. The Balaban J connectivity index is 1.59. The number of aromatic nitrogens is 2. The Morgan fingerprint density at radius 2 is 2.35 bits per heavy atom. The zero-order valence-corrected chi connectivity index (χ0v) is 12.5. The molecule has 1 aliphatic rings. The van der Waals surface area contributed by atoms with Crippen LogP contribution in [0, 0.1) is 0 Å². The average molecular weight is 309 g/mol. The van der Waals surface area contributed by atoms with Gasteiger partial charge in [0.2, 0.25) is 0 Å². The summed E-state index contributed by atoms with van der Waals surface area (Å²) in [7, 11) is 0. The maximum Gasteiger partial charge on any atom is 0.264 e. The first-order valence-corrected chi connectivity index (χ1v) is 8.52. The normalized spacial score (nSPS) is 18.9. The van der Waals surface area contributed by atoms with Gasteiger partial charge in [-0.3, -0.25) is 0 Å². The van der Waals surface area contributed by atoms with Crippen LogP contribution in [0.15, 0.2) is 28.8 Å². The molecule has 2 heterocycles. The highest BCUT2D eigenvalue weighted by atomic mass is 32.2. The number of nitrogen functional groups attached to an aromatic ring is 1. The number of rotatable bonds is 4. The number of anilines is 1. The first-order valence-electron chi connectivity index (χ1n) is 6.31. The van der Waals surface area contributed by atoms with Crippen LogP contribution in [0.1, 0.15) is 17.0 Å². The van der Waals surface area contributed by atoms with E-state index in [1.54, 1.807) is 6.07 Å². The van der Waals surface area contributed by atoms with E-state index >= 15 is 0 Å². The van der Waals surface area contributed by atoms with Gasteiger partial charge in [0.1, 0.15) is 5.75 Å². The Labute approximate surface area is 125 Å². The Kier molecular flexibility index (Phi) is 4.37. The number of nitrogens with zero attached hydrogens (tertiary/aromatic N) is 2. The van der Waals surface area contributed by atoms with Crippen LogP contribution in [0.4, 0.5) is 5.69 Å². The molecular formula is C13H15N3O2S2. The predicted molar refractivity (Wildman–Crippen MR) is 82.0 cm³/mol. The number of ether oxygens (including phenoxy) is 1. The molecule has 20 heavy (non-hydrogen) atoms. The second-order valence-corrected chi connectivity index (χ2v) is 6.80. The van der Waals surface area contributed by atoms with Crippen LogP contribution in [0.25, 0.3) is 0 Å². The fraction of sp³-hybridized carbons (Fsp3) is 0.385. The SMILES string of the molecule is Nc1cccc(OCc2nc(C3CSCCS3)no2)c1. The molecule has 2 aromatic rings. The van der Waals surface area contributed by atoms with E-state index in [4.69, 9.17) is 15.0 Å². The van der Waals surface area contributed by atoms with Crippen LogP contribution in [-0.4, -0.2) is 27.4 Å². The highest BCUT2D eigenvalue weighted by molar-refractivity contribution is 8.06. The molecule has 3 rings (SSSR count). The van der Waals surface area contributed by atoms with Gasteiger partial charge < -0.3 is 15.0 Å². The largest absolute Gasteiger partial charge is 0.484 e. The Hall–Kier alpha value is -1.34. The van der Waals surface area contributed by atoms with Gasteiger partial charge in [-0.25, -0.2) is 0 Å². The molecule has 1 fully saturated rings. The molecule has 1 atom stereocenters. The van der Waals surface area contributed by atoms with Crippen molar-refractivity contribution in [3.05, 3.63) is 36.0 Å². The van der Waals surface area contributed by atoms with Crippen molar-refractivity contribution in [2.75, 3.05) is 23.0 Å². The van der Waals surface area contributed by atoms with Gasteiger partial charge >= 0.3 is 0 Å². The van der Waals surface area contributed by atoms with Crippen molar-refractivity contribution in [2.45, 2.75) is 11.9 Å². The van der Waals surface area contributed by atoms with E-state index in [0.717, 1.165) is 17.3 Å². The van der Waals surface area contributed by atoms with Crippen LogP contribution in [-0.2, 0) is 6.61 Å². The Bertz CT molecular complexity index is 570. The third-order valence-electron chi connectivity index (χ3n) is 2.81. The summed E-state index contributed by atoms with van der Waals surface area (Å²) >= 11 is 3.81. The standard InChI is InChI=1S/C13H15N3O2S2/c14-9-2-1-3-10(6-9)17-7-12-15-13(16-18-12)11-8-19-4-5-20-11/h1-3,6,11H,4-5,7-8,14H2. The first kappa shape index (κ1) is 13.6. The van der Waals surface area contributed by atoms with Gasteiger partial charge in [0, 0.05) is 29.0 Å². The highest BCUT2D eigenvalue weighted by Gasteiger charge is 2.21. The summed E-state index contributed by atoms with van der Waals surface area (Å²) in [5, 5.41) is 4.38. The van der Waals surface area contributed by atoms with Gasteiger partial charge in [0.25, 0.3) is 5.89 Å². The van der Waals surface area contributed by atoms with E-state index < -0.39 is 0 Å². The fourth-order valence-corrected chi connectivity index (χ4v) is 4.43. The second-order valence-electron chi connectivity index (χ2n) is 4.34. The summed E-state index contributed by atoms with van der Waals surface area (Å²) < 4.78 is 10.8. The van der Waals surface area contributed by atoms with E-state index in [1.165, 1.54) is 5.75 Å². The molecule has 1 saturated heterocycles. The maximum atomic E-state index is 5.69. The molecule has 106 valence electrons. The zero-order valence-electron chi connectivity index (χ0n) is 10.8. The van der Waals surface area contributed by atoms with Crippen LogP contribution in [0.2, 0.25) is 0 Å². The van der Waals surface area contributed by atoms with Gasteiger partial charge in [-0.2, -0.15) is 16.7 Å². The van der Waals surface area contributed by atoms with E-state index in [2.05, 4.69) is 10.1 Å². The number of nitrogens with two attached hydrogens (primary N) is 1. The summed E-state index contributed by atoms with van der Waals surface area (Å²) in [6.45, 7) is 0.265. The van der Waals surface area contributed by atoms with E-state index in [-0.39, 0.29) is 6.61 Å². The maximum absolute atomic E-state index is 5.69. The lowest BCUT2D eigenvalue weighted by molar-refractivity contribution is 0.242. The number of benzene rings is 1. The molecule has 0 saturated carbocycles. The lowest BCUT2D eigenvalue weighted by atomic mass is 10.3. The summed E-state index contributed by atoms with van der Waals surface area (Å²) in [6.07, 6.45) is 0.